The van der Waals surface area contributed by atoms with Gasteiger partial charge in [-0.15, -0.1) is 10.2 Å². The first-order valence-electron chi connectivity index (χ1n) is 7.02. The summed E-state index contributed by atoms with van der Waals surface area (Å²) in [5, 5.41) is 8.26. The molecule has 0 amide bonds. The molecule has 0 saturated carbocycles. The van der Waals surface area contributed by atoms with Gasteiger partial charge in [-0.2, -0.15) is 4.31 Å². The van der Waals surface area contributed by atoms with Crippen LogP contribution in [-0.2, 0) is 10.0 Å². The van der Waals surface area contributed by atoms with Crippen LogP contribution < -0.4 is 0 Å². The highest BCUT2D eigenvalue weighted by Gasteiger charge is 2.31. The summed E-state index contributed by atoms with van der Waals surface area (Å²) in [6.45, 7) is 2.61. The van der Waals surface area contributed by atoms with Crippen LogP contribution in [0.3, 0.4) is 0 Å². The molecule has 1 fully saturated rings. The Morgan fingerprint density at radius 2 is 2.00 bits per heavy atom. The Kier molecular flexibility index (Phi) is 4.20. The molecule has 2 heterocycles. The molecule has 2 aromatic rings. The minimum Gasteiger partial charge on any atom is -0.425 e. The van der Waals surface area contributed by atoms with Crippen molar-refractivity contribution in [2.75, 3.05) is 13.1 Å². The molecule has 0 N–H and O–H groups in total. The molecule has 1 aromatic carbocycles. The second kappa shape index (κ2) is 5.98. The van der Waals surface area contributed by atoms with Crippen molar-refractivity contribution < 1.29 is 12.8 Å². The molecule has 118 valence electrons. The standard InChI is InChI=1S/C14H16ClN3O3S/c1-10-16-17-14(21-10)11-5-7-18(8-6-11)22(19,20)13-4-2-3-12(15)9-13/h2-4,9,11H,5-8H2,1H3. The topological polar surface area (TPSA) is 76.3 Å². The van der Waals surface area contributed by atoms with E-state index in [0.717, 1.165) is 0 Å². The third kappa shape index (κ3) is 3.02. The number of sulfonamides is 1. The Hall–Kier alpha value is -1.44. The van der Waals surface area contributed by atoms with Crippen molar-refractivity contribution in [2.45, 2.75) is 30.6 Å². The lowest BCUT2D eigenvalue weighted by Gasteiger charge is -2.29. The average Bonchev–Trinajstić information content (AvgIpc) is 2.94. The summed E-state index contributed by atoms with van der Waals surface area (Å²) in [5.74, 6) is 1.24. The van der Waals surface area contributed by atoms with E-state index in [1.807, 2.05) is 0 Å². The van der Waals surface area contributed by atoms with Crippen molar-refractivity contribution in [3.8, 4) is 0 Å². The van der Waals surface area contributed by atoms with E-state index in [0.29, 0.717) is 42.7 Å². The fourth-order valence-corrected chi connectivity index (χ4v) is 4.37. The van der Waals surface area contributed by atoms with Crippen LogP contribution in [0.5, 0.6) is 0 Å². The summed E-state index contributed by atoms with van der Waals surface area (Å²) in [4.78, 5) is 0.229. The second-order valence-corrected chi connectivity index (χ2v) is 7.67. The number of hydrogen-bond donors (Lipinski definition) is 0. The summed E-state index contributed by atoms with van der Waals surface area (Å²) in [6, 6.07) is 6.34. The molecular weight excluding hydrogens is 326 g/mol. The second-order valence-electron chi connectivity index (χ2n) is 5.30. The summed E-state index contributed by atoms with van der Waals surface area (Å²) >= 11 is 5.88. The maximum atomic E-state index is 12.6. The molecule has 6 nitrogen and oxygen atoms in total. The van der Waals surface area contributed by atoms with E-state index in [2.05, 4.69) is 10.2 Å². The Labute approximate surface area is 134 Å². The van der Waals surface area contributed by atoms with Crippen LogP contribution in [0.15, 0.2) is 33.6 Å². The molecule has 0 aliphatic carbocycles. The van der Waals surface area contributed by atoms with E-state index in [1.165, 1.54) is 10.4 Å². The van der Waals surface area contributed by atoms with Gasteiger partial charge in [0.05, 0.1) is 4.90 Å². The summed E-state index contributed by atoms with van der Waals surface area (Å²) in [6.07, 6.45) is 1.34. The monoisotopic (exact) mass is 341 g/mol. The Bertz CT molecular complexity index is 767. The molecule has 0 unspecified atom stereocenters. The first-order valence-corrected chi connectivity index (χ1v) is 8.84. The lowest BCUT2D eigenvalue weighted by atomic mass is 9.98. The first kappa shape index (κ1) is 15.5. The highest BCUT2D eigenvalue weighted by Crippen LogP contribution is 2.30. The van der Waals surface area contributed by atoms with E-state index < -0.39 is 10.0 Å². The molecule has 1 aromatic heterocycles. The largest absolute Gasteiger partial charge is 0.425 e. The van der Waals surface area contributed by atoms with E-state index in [4.69, 9.17) is 16.0 Å². The molecule has 0 bridgehead atoms. The minimum atomic E-state index is -3.50. The number of benzene rings is 1. The quantitative estimate of drug-likeness (QED) is 0.857. The minimum absolute atomic E-state index is 0.118. The van der Waals surface area contributed by atoms with Gasteiger partial charge >= 0.3 is 0 Å². The number of piperidine rings is 1. The highest BCUT2D eigenvalue weighted by molar-refractivity contribution is 7.89. The maximum Gasteiger partial charge on any atom is 0.243 e. The lowest BCUT2D eigenvalue weighted by molar-refractivity contribution is 0.288. The number of hydrogen-bond acceptors (Lipinski definition) is 5. The van der Waals surface area contributed by atoms with Crippen LogP contribution in [-0.4, -0.2) is 36.0 Å². The summed E-state index contributed by atoms with van der Waals surface area (Å²) < 4.78 is 32.1. The molecule has 0 radical (unpaired) electrons. The molecule has 3 rings (SSSR count). The predicted molar refractivity (Wildman–Crippen MR) is 81.2 cm³/mol. The molecule has 1 saturated heterocycles. The van der Waals surface area contributed by atoms with E-state index in [-0.39, 0.29) is 10.8 Å². The van der Waals surface area contributed by atoms with Crippen LogP contribution in [0.2, 0.25) is 5.02 Å². The maximum absolute atomic E-state index is 12.6. The molecule has 22 heavy (non-hydrogen) atoms. The van der Waals surface area contributed by atoms with Gasteiger partial charge in [-0.3, -0.25) is 0 Å². The molecule has 0 atom stereocenters. The highest BCUT2D eigenvalue weighted by atomic mass is 35.5. The lowest BCUT2D eigenvalue weighted by Crippen LogP contribution is -2.37. The number of aromatic nitrogens is 2. The summed E-state index contributed by atoms with van der Waals surface area (Å²) in [7, 11) is -3.50. The van der Waals surface area contributed by atoms with Gasteiger partial charge < -0.3 is 4.42 Å². The molecule has 1 aliphatic rings. The van der Waals surface area contributed by atoms with E-state index in [9.17, 15) is 8.42 Å². The zero-order chi connectivity index (χ0) is 15.7. The van der Waals surface area contributed by atoms with Gasteiger partial charge in [-0.25, -0.2) is 8.42 Å². The van der Waals surface area contributed by atoms with Gasteiger partial charge in [0.25, 0.3) is 0 Å². The van der Waals surface area contributed by atoms with Gasteiger partial charge in [0.15, 0.2) is 0 Å². The van der Waals surface area contributed by atoms with Crippen LogP contribution in [0, 0.1) is 6.92 Å². The van der Waals surface area contributed by atoms with Crippen LogP contribution in [0.4, 0.5) is 0 Å². The SMILES string of the molecule is Cc1nnc(C2CCN(S(=O)(=O)c3cccc(Cl)c3)CC2)o1. The van der Waals surface area contributed by atoms with Crippen LogP contribution >= 0.6 is 11.6 Å². The molecule has 0 spiro atoms. The smallest absolute Gasteiger partial charge is 0.243 e. The Morgan fingerprint density at radius 1 is 1.27 bits per heavy atom. The van der Waals surface area contributed by atoms with Crippen molar-refractivity contribution in [1.82, 2.24) is 14.5 Å². The molecule has 1 aliphatic heterocycles. The van der Waals surface area contributed by atoms with Gasteiger partial charge in [-0.05, 0) is 31.0 Å². The fraction of sp³-hybridized carbons (Fsp3) is 0.429. The average molecular weight is 342 g/mol. The molecule has 8 heteroatoms. The number of aryl methyl sites for hydroxylation is 1. The predicted octanol–water partition coefficient (Wildman–Crippen LogP) is 2.60. The van der Waals surface area contributed by atoms with Crippen LogP contribution in [0.1, 0.15) is 30.5 Å². The van der Waals surface area contributed by atoms with Crippen molar-refractivity contribution in [1.29, 1.82) is 0 Å². The van der Waals surface area contributed by atoms with E-state index >= 15 is 0 Å². The third-order valence-corrected chi connectivity index (χ3v) is 5.91. The van der Waals surface area contributed by atoms with Crippen molar-refractivity contribution in [2.24, 2.45) is 0 Å². The zero-order valence-electron chi connectivity index (χ0n) is 12.1. The van der Waals surface area contributed by atoms with Crippen molar-refractivity contribution >= 4 is 21.6 Å². The van der Waals surface area contributed by atoms with E-state index in [1.54, 1.807) is 25.1 Å². The van der Waals surface area contributed by atoms with Gasteiger partial charge in [-0.1, -0.05) is 17.7 Å². The normalized spacial score (nSPS) is 17.7. The number of halogens is 1. The fourth-order valence-electron chi connectivity index (χ4n) is 2.60. The van der Waals surface area contributed by atoms with Crippen molar-refractivity contribution in [3.05, 3.63) is 41.1 Å². The van der Waals surface area contributed by atoms with Gasteiger partial charge in [0.2, 0.25) is 21.8 Å². The first-order chi connectivity index (χ1) is 10.5. The Balaban J connectivity index is 1.73. The summed E-state index contributed by atoms with van der Waals surface area (Å²) in [5.41, 5.74) is 0. The van der Waals surface area contributed by atoms with Crippen LogP contribution in [0.25, 0.3) is 0 Å². The number of rotatable bonds is 3. The van der Waals surface area contributed by atoms with Crippen molar-refractivity contribution in [3.63, 3.8) is 0 Å². The Morgan fingerprint density at radius 3 is 2.59 bits per heavy atom. The number of nitrogens with zero attached hydrogens (tertiary/aromatic N) is 3. The zero-order valence-corrected chi connectivity index (χ0v) is 13.6. The van der Waals surface area contributed by atoms with Gasteiger partial charge in [0, 0.05) is 31.0 Å². The van der Waals surface area contributed by atoms with Gasteiger partial charge in [0.1, 0.15) is 0 Å². The third-order valence-electron chi connectivity index (χ3n) is 3.78. The molecular formula is C14H16ClN3O3S.